The van der Waals surface area contributed by atoms with Crippen molar-refractivity contribution < 1.29 is 36.4 Å². The molecular weight excluding hydrogens is 802 g/mol. The molecule has 0 unspecified atom stereocenters. The molecule has 44 heavy (non-hydrogen) atoms. The van der Waals surface area contributed by atoms with E-state index in [0.29, 0.717) is 0 Å². The first-order chi connectivity index (χ1) is 21.9. The summed E-state index contributed by atoms with van der Waals surface area (Å²) in [6.07, 6.45) is 2.14. The number of rotatable bonds is 8. The molecule has 0 radical (unpaired) electrons. The van der Waals surface area contributed by atoms with Gasteiger partial charge in [0.15, 0.2) is 0 Å². The molecular formula is C38H32Cl2P2Pd2. The van der Waals surface area contributed by atoms with E-state index in [9.17, 15) is 0 Å². The van der Waals surface area contributed by atoms with Crippen molar-refractivity contribution in [1.82, 2.24) is 0 Å². The summed E-state index contributed by atoms with van der Waals surface area (Å²) in [4.78, 5) is 0. The number of benzene rings is 6. The summed E-state index contributed by atoms with van der Waals surface area (Å²) in [7, 11) is 8.28. The van der Waals surface area contributed by atoms with Gasteiger partial charge in [-0.05, 0) is 33.5 Å². The maximum Gasteiger partial charge on any atom is -0.0202 e. The van der Waals surface area contributed by atoms with E-state index >= 15 is 0 Å². The molecule has 0 spiro atoms. The molecule has 0 aromatic heterocycles. The van der Waals surface area contributed by atoms with Gasteiger partial charge in [0.1, 0.15) is 0 Å². The Balaban J connectivity index is 0.000000216. The van der Waals surface area contributed by atoms with Crippen LogP contribution in [0, 0.1) is 12.1 Å². The Morgan fingerprint density at radius 3 is 0.886 bits per heavy atom. The van der Waals surface area contributed by atoms with Crippen molar-refractivity contribution in [3.05, 3.63) is 193 Å². The van der Waals surface area contributed by atoms with Gasteiger partial charge in [0.25, 0.3) is 0 Å². The Morgan fingerprint density at radius 1 is 0.386 bits per heavy atom. The maximum absolute atomic E-state index is 4.49. The summed E-state index contributed by atoms with van der Waals surface area (Å²) < 4.78 is 0. The van der Waals surface area contributed by atoms with E-state index < -0.39 is 0 Å². The van der Waals surface area contributed by atoms with Crippen LogP contribution >= 0.6 is 34.9 Å². The van der Waals surface area contributed by atoms with E-state index in [-0.39, 0.29) is 15.8 Å². The third-order valence-corrected chi connectivity index (χ3v) is 11.5. The van der Waals surface area contributed by atoms with E-state index in [0.717, 1.165) is 12.3 Å². The largest absolute Gasteiger partial charge is 0.184 e. The van der Waals surface area contributed by atoms with Gasteiger partial charge in [-0.3, -0.25) is 0 Å². The van der Waals surface area contributed by atoms with Crippen molar-refractivity contribution >= 4 is 56.1 Å². The van der Waals surface area contributed by atoms with Gasteiger partial charge in [0.05, 0.1) is 0 Å². The molecule has 228 valence electrons. The number of hydrogen-bond donors (Lipinski definition) is 0. The number of hydrogen-bond acceptors (Lipinski definition) is 0. The molecule has 0 amide bonds. The minimum absolute atomic E-state index is 0.347. The molecule has 0 aliphatic carbocycles. The molecule has 0 heterocycles. The van der Waals surface area contributed by atoms with E-state index in [2.05, 4.69) is 225 Å². The Kier molecular flexibility index (Phi) is 18.7. The summed E-state index contributed by atoms with van der Waals surface area (Å²) >= 11 is 4.44. The molecule has 0 atom stereocenters. The van der Waals surface area contributed by atoms with Crippen LogP contribution in [0.2, 0.25) is 0 Å². The fourth-order valence-electron chi connectivity index (χ4n) is 4.52. The van der Waals surface area contributed by atoms with Crippen LogP contribution in [0.4, 0.5) is 0 Å². The van der Waals surface area contributed by atoms with Crippen molar-refractivity contribution in [2.24, 2.45) is 0 Å². The van der Waals surface area contributed by atoms with Crippen LogP contribution in [-0.4, -0.2) is 0 Å². The zero-order valence-electron chi connectivity index (χ0n) is 23.9. The predicted molar refractivity (Wildman–Crippen MR) is 188 cm³/mol. The Hall–Kier alpha value is -1.92. The molecule has 0 saturated heterocycles. The quantitative estimate of drug-likeness (QED) is 0.0815. The van der Waals surface area contributed by atoms with E-state index in [1.165, 1.54) is 32.3 Å². The molecule has 0 saturated carbocycles. The monoisotopic (exact) mass is 832 g/mol. The van der Waals surface area contributed by atoms with Crippen molar-refractivity contribution in [1.29, 1.82) is 0 Å². The molecule has 0 nitrogen and oxygen atoms in total. The zero-order valence-corrected chi connectivity index (χ0v) is 30.3. The molecule has 6 aromatic rings. The van der Waals surface area contributed by atoms with Crippen LogP contribution in [0.1, 0.15) is 11.1 Å². The average molecular weight is 834 g/mol. The first-order valence-electron chi connectivity index (χ1n) is 13.8. The standard InChI is InChI=1S/2C19H16P.2ClH.2Pd/c2*1-4-10-17(11-5-1)16-20(18-12-6-2-7-13-18)19-14-8-3-9-15-19;;;;/h2*1-4,6-15H,16H2;2*1H;;/q2*-1;;;2*+2/p-2. The fourth-order valence-corrected chi connectivity index (χ4v) is 9.10. The third kappa shape index (κ3) is 12.5. The van der Waals surface area contributed by atoms with Crippen molar-refractivity contribution in [2.75, 3.05) is 0 Å². The zero-order chi connectivity index (χ0) is 31.2. The van der Waals surface area contributed by atoms with Crippen LogP contribution < -0.4 is 21.2 Å². The van der Waals surface area contributed by atoms with Gasteiger partial charge in [-0.25, -0.2) is 0 Å². The molecule has 0 aliphatic rings. The van der Waals surface area contributed by atoms with Crippen molar-refractivity contribution in [2.45, 2.75) is 12.3 Å². The molecule has 6 aromatic carbocycles. The topological polar surface area (TPSA) is 0 Å². The minimum atomic E-state index is -0.347. The van der Waals surface area contributed by atoms with Crippen LogP contribution in [0.25, 0.3) is 0 Å². The molecule has 0 bridgehead atoms. The molecule has 0 aliphatic heterocycles. The third-order valence-electron chi connectivity index (χ3n) is 6.50. The molecule has 6 heteroatoms. The number of halogens is 2. The maximum atomic E-state index is 4.49. The van der Waals surface area contributed by atoms with Gasteiger partial charge >= 0.3 is 55.4 Å². The summed E-state index contributed by atoms with van der Waals surface area (Å²) in [6.45, 7) is 0. The first kappa shape index (κ1) is 36.6. The second-order valence-electron chi connectivity index (χ2n) is 9.34. The van der Waals surface area contributed by atoms with E-state index in [1.54, 1.807) is 0 Å². The normalized spacial score (nSPS) is 10.0. The van der Waals surface area contributed by atoms with E-state index in [1.807, 2.05) is 12.1 Å². The summed E-state index contributed by atoms with van der Waals surface area (Å²) in [5, 5.41) is 5.71. The van der Waals surface area contributed by atoms with Crippen molar-refractivity contribution in [3.63, 3.8) is 0 Å². The Morgan fingerprint density at radius 2 is 0.659 bits per heavy atom. The second kappa shape index (κ2) is 22.6. The Labute approximate surface area is 295 Å². The van der Waals surface area contributed by atoms with Gasteiger partial charge in [0, 0.05) is 0 Å². The fraction of sp³-hybridized carbons (Fsp3) is 0.0526. The molecule has 0 fully saturated rings. The van der Waals surface area contributed by atoms with Gasteiger partial charge in [-0.15, -0.1) is 0 Å². The summed E-state index contributed by atoms with van der Waals surface area (Å²) in [5.41, 5.74) is 2.71. The van der Waals surface area contributed by atoms with Crippen LogP contribution in [0.15, 0.2) is 170 Å². The summed E-state index contributed by atoms with van der Waals surface area (Å²) in [6, 6.07) is 66.3. The van der Waals surface area contributed by atoms with Gasteiger partial charge in [-0.1, -0.05) is 137 Å². The van der Waals surface area contributed by atoms with Crippen molar-refractivity contribution in [3.8, 4) is 0 Å². The average Bonchev–Trinajstić information content (AvgIpc) is 3.14. The predicted octanol–water partition coefficient (Wildman–Crippen LogP) is 9.61. The van der Waals surface area contributed by atoms with Crippen LogP contribution in [-0.2, 0) is 48.7 Å². The van der Waals surface area contributed by atoms with E-state index in [4.69, 9.17) is 0 Å². The second-order valence-corrected chi connectivity index (χ2v) is 13.7. The molecule has 6 rings (SSSR count). The van der Waals surface area contributed by atoms with Gasteiger partial charge in [-0.2, -0.15) is 71.8 Å². The van der Waals surface area contributed by atoms with Gasteiger partial charge < -0.3 is 0 Å². The SMILES string of the molecule is [Cl][Pd+].[Cl][Pd+].[c-]1cccc(CP(c2ccccc2)c2ccccc2)c1.[c-]1cccc(CP(c2ccccc2)c2ccccc2)c1. The minimum Gasteiger partial charge on any atom is -0.184 e. The first-order valence-corrected chi connectivity index (χ1v) is 20.8. The smallest absolute Gasteiger partial charge is 0.0202 e. The van der Waals surface area contributed by atoms with Crippen LogP contribution in [0.5, 0.6) is 0 Å². The molecule has 0 N–H and O–H groups in total. The Bertz CT molecular complexity index is 1330. The van der Waals surface area contributed by atoms with Crippen LogP contribution in [0.3, 0.4) is 0 Å². The summed E-state index contributed by atoms with van der Waals surface area (Å²) in [5.74, 6) is 0. The van der Waals surface area contributed by atoms with Gasteiger partial charge in [0.2, 0.25) is 0 Å².